The van der Waals surface area contributed by atoms with Gasteiger partial charge in [0.05, 0.1) is 0 Å². The first kappa shape index (κ1) is 12.6. The van der Waals surface area contributed by atoms with Gasteiger partial charge in [0.15, 0.2) is 0 Å². The van der Waals surface area contributed by atoms with Crippen LogP contribution in [0.1, 0.15) is 43.6 Å². The summed E-state index contributed by atoms with van der Waals surface area (Å²) >= 11 is 0. The van der Waals surface area contributed by atoms with Crippen LogP contribution in [0, 0.1) is 11.7 Å². The highest BCUT2D eigenvalue weighted by Gasteiger charge is 2.40. The summed E-state index contributed by atoms with van der Waals surface area (Å²) in [5.74, 6) is 1.13. The van der Waals surface area contributed by atoms with E-state index in [1.807, 2.05) is 24.1 Å². The summed E-state index contributed by atoms with van der Waals surface area (Å²) in [5, 5.41) is 0. The Bertz CT molecular complexity index is 470. The summed E-state index contributed by atoms with van der Waals surface area (Å²) in [5.41, 5.74) is 1.23. The van der Waals surface area contributed by atoms with Crippen LogP contribution in [0.15, 0.2) is 24.3 Å². The second kappa shape index (κ2) is 4.95. The number of rotatable bonds is 2. The quantitative estimate of drug-likeness (QED) is 0.799. The number of halogens is 1. The Labute approximate surface area is 113 Å². The third-order valence-electron chi connectivity index (χ3n) is 4.91. The molecule has 3 rings (SSSR count). The lowest BCUT2D eigenvalue weighted by Gasteiger charge is -2.30. The molecule has 1 amide bonds. The molecule has 2 aliphatic rings. The maximum absolute atomic E-state index is 13.0. The number of amides is 1. The van der Waals surface area contributed by atoms with E-state index in [-0.39, 0.29) is 11.7 Å². The van der Waals surface area contributed by atoms with Crippen LogP contribution in [0.3, 0.4) is 0 Å². The van der Waals surface area contributed by atoms with Gasteiger partial charge in [-0.25, -0.2) is 4.39 Å². The molecule has 1 aromatic carbocycles. The van der Waals surface area contributed by atoms with Crippen molar-refractivity contribution in [2.75, 3.05) is 7.05 Å². The molecule has 1 saturated heterocycles. The molecule has 3 atom stereocenters. The summed E-state index contributed by atoms with van der Waals surface area (Å²) in [6.07, 6.45) is 5.23. The maximum Gasteiger partial charge on any atom is 0.222 e. The van der Waals surface area contributed by atoms with Crippen LogP contribution in [-0.4, -0.2) is 23.9 Å². The second-order valence-corrected chi connectivity index (χ2v) is 5.86. The monoisotopic (exact) mass is 261 g/mol. The SMILES string of the molecule is CN1C(=O)CCC1C1CCCC1c1ccc(F)cc1. The van der Waals surface area contributed by atoms with Gasteiger partial charge in [-0.15, -0.1) is 0 Å². The van der Waals surface area contributed by atoms with Gasteiger partial charge in [-0.1, -0.05) is 18.6 Å². The van der Waals surface area contributed by atoms with Crippen LogP contribution >= 0.6 is 0 Å². The molecule has 0 radical (unpaired) electrons. The number of hydrogen-bond acceptors (Lipinski definition) is 1. The summed E-state index contributed by atoms with van der Waals surface area (Å²) in [4.78, 5) is 13.6. The number of likely N-dealkylation sites (tertiary alicyclic amines) is 1. The Kier molecular flexibility index (Phi) is 3.29. The Balaban J connectivity index is 1.82. The van der Waals surface area contributed by atoms with Crippen molar-refractivity contribution >= 4 is 5.91 Å². The molecule has 3 heteroatoms. The zero-order chi connectivity index (χ0) is 13.4. The fourth-order valence-corrected chi connectivity index (χ4v) is 3.90. The molecular formula is C16H20FNO. The minimum Gasteiger partial charge on any atom is -0.342 e. The number of carbonyl (C=O) groups excluding carboxylic acids is 1. The van der Waals surface area contributed by atoms with Gasteiger partial charge in [-0.05, 0) is 48.8 Å². The lowest BCUT2D eigenvalue weighted by Crippen LogP contribution is -2.36. The molecule has 1 saturated carbocycles. The van der Waals surface area contributed by atoms with E-state index < -0.39 is 0 Å². The summed E-state index contributed by atoms with van der Waals surface area (Å²) < 4.78 is 13.0. The highest BCUT2D eigenvalue weighted by Crippen LogP contribution is 2.45. The van der Waals surface area contributed by atoms with Crippen molar-refractivity contribution in [1.82, 2.24) is 4.90 Å². The van der Waals surface area contributed by atoms with Crippen LogP contribution < -0.4 is 0 Å². The van der Waals surface area contributed by atoms with Crippen molar-refractivity contribution in [3.05, 3.63) is 35.6 Å². The van der Waals surface area contributed by atoms with Crippen LogP contribution in [-0.2, 0) is 4.79 Å². The van der Waals surface area contributed by atoms with E-state index in [4.69, 9.17) is 0 Å². The predicted octanol–water partition coefficient (Wildman–Crippen LogP) is 3.33. The molecular weight excluding hydrogens is 241 g/mol. The molecule has 1 heterocycles. The van der Waals surface area contributed by atoms with Crippen LogP contribution in [0.5, 0.6) is 0 Å². The standard InChI is InChI=1S/C16H20FNO/c1-18-15(9-10-16(18)19)14-4-2-3-13(14)11-5-7-12(17)8-6-11/h5-8,13-15H,2-4,9-10H2,1H3. The van der Waals surface area contributed by atoms with Crippen molar-refractivity contribution in [2.24, 2.45) is 5.92 Å². The molecule has 0 bridgehead atoms. The van der Waals surface area contributed by atoms with E-state index >= 15 is 0 Å². The van der Waals surface area contributed by atoms with E-state index in [0.717, 1.165) is 12.8 Å². The van der Waals surface area contributed by atoms with Gasteiger partial charge < -0.3 is 4.90 Å². The van der Waals surface area contributed by atoms with Crippen molar-refractivity contribution in [2.45, 2.75) is 44.1 Å². The lowest BCUT2D eigenvalue weighted by atomic mass is 9.83. The fraction of sp³-hybridized carbons (Fsp3) is 0.562. The van der Waals surface area contributed by atoms with E-state index in [1.165, 1.54) is 18.4 Å². The van der Waals surface area contributed by atoms with Crippen molar-refractivity contribution in [3.63, 3.8) is 0 Å². The van der Waals surface area contributed by atoms with Gasteiger partial charge >= 0.3 is 0 Å². The minimum atomic E-state index is -0.175. The predicted molar refractivity (Wildman–Crippen MR) is 72.3 cm³/mol. The van der Waals surface area contributed by atoms with Gasteiger partial charge in [0.2, 0.25) is 5.91 Å². The van der Waals surface area contributed by atoms with E-state index in [9.17, 15) is 9.18 Å². The van der Waals surface area contributed by atoms with Crippen molar-refractivity contribution in [1.29, 1.82) is 0 Å². The fourth-order valence-electron chi connectivity index (χ4n) is 3.90. The number of carbonyl (C=O) groups is 1. The normalized spacial score (nSPS) is 31.2. The molecule has 2 nitrogen and oxygen atoms in total. The molecule has 19 heavy (non-hydrogen) atoms. The van der Waals surface area contributed by atoms with Crippen molar-refractivity contribution in [3.8, 4) is 0 Å². The molecule has 3 unspecified atom stereocenters. The third-order valence-corrected chi connectivity index (χ3v) is 4.91. The van der Waals surface area contributed by atoms with Gasteiger partial charge in [-0.3, -0.25) is 4.79 Å². The molecule has 1 aliphatic heterocycles. The number of hydrogen-bond donors (Lipinski definition) is 0. The first-order valence-electron chi connectivity index (χ1n) is 7.18. The number of benzene rings is 1. The molecule has 2 fully saturated rings. The second-order valence-electron chi connectivity index (χ2n) is 5.86. The summed E-state index contributed by atoms with van der Waals surface area (Å²) in [6.45, 7) is 0. The molecule has 1 aromatic rings. The highest BCUT2D eigenvalue weighted by molar-refractivity contribution is 5.78. The van der Waals surface area contributed by atoms with Crippen LogP contribution in [0.25, 0.3) is 0 Å². The lowest BCUT2D eigenvalue weighted by molar-refractivity contribution is -0.128. The first-order chi connectivity index (χ1) is 9.16. The van der Waals surface area contributed by atoms with E-state index in [2.05, 4.69) is 0 Å². The van der Waals surface area contributed by atoms with Gasteiger partial charge in [0.1, 0.15) is 5.82 Å². The maximum atomic E-state index is 13.0. The first-order valence-corrected chi connectivity index (χ1v) is 7.18. The third kappa shape index (κ3) is 2.26. The molecule has 0 aromatic heterocycles. The Morgan fingerprint density at radius 1 is 1.16 bits per heavy atom. The van der Waals surface area contributed by atoms with Crippen LogP contribution in [0.4, 0.5) is 4.39 Å². The summed E-state index contributed by atoms with van der Waals surface area (Å²) in [6, 6.07) is 7.30. The zero-order valence-electron chi connectivity index (χ0n) is 11.3. The van der Waals surface area contributed by atoms with Gasteiger partial charge in [0, 0.05) is 19.5 Å². The average Bonchev–Trinajstić information content (AvgIpc) is 2.99. The molecule has 102 valence electrons. The smallest absolute Gasteiger partial charge is 0.222 e. The molecule has 0 N–H and O–H groups in total. The van der Waals surface area contributed by atoms with E-state index in [1.54, 1.807) is 12.1 Å². The van der Waals surface area contributed by atoms with Gasteiger partial charge in [0.25, 0.3) is 0 Å². The topological polar surface area (TPSA) is 20.3 Å². The number of nitrogens with zero attached hydrogens (tertiary/aromatic N) is 1. The van der Waals surface area contributed by atoms with E-state index in [0.29, 0.717) is 24.3 Å². The Morgan fingerprint density at radius 2 is 1.89 bits per heavy atom. The average molecular weight is 261 g/mol. The van der Waals surface area contributed by atoms with Crippen LogP contribution in [0.2, 0.25) is 0 Å². The Morgan fingerprint density at radius 3 is 2.53 bits per heavy atom. The van der Waals surface area contributed by atoms with Gasteiger partial charge in [-0.2, -0.15) is 0 Å². The Hall–Kier alpha value is -1.38. The minimum absolute atomic E-state index is 0.175. The van der Waals surface area contributed by atoms with Crippen molar-refractivity contribution < 1.29 is 9.18 Å². The molecule has 1 aliphatic carbocycles. The highest BCUT2D eigenvalue weighted by atomic mass is 19.1. The zero-order valence-corrected chi connectivity index (χ0v) is 11.3. The largest absolute Gasteiger partial charge is 0.342 e. The molecule has 0 spiro atoms. The summed E-state index contributed by atoms with van der Waals surface area (Å²) in [7, 11) is 1.93.